The molecule has 0 aromatic heterocycles. The Morgan fingerprint density at radius 3 is 2.52 bits per heavy atom. The van der Waals surface area contributed by atoms with Gasteiger partial charge in [-0.2, -0.15) is 0 Å². The van der Waals surface area contributed by atoms with Gasteiger partial charge >= 0.3 is 0 Å². The summed E-state index contributed by atoms with van der Waals surface area (Å²) in [5.41, 5.74) is 1.11. The van der Waals surface area contributed by atoms with E-state index >= 15 is 0 Å². The summed E-state index contributed by atoms with van der Waals surface area (Å²) in [5.74, 6) is 1.91. The molecular weight excluding hydrogens is 533 g/mol. The molecule has 8 nitrogen and oxygen atoms in total. The lowest BCUT2D eigenvalue weighted by molar-refractivity contribution is -0.142. The highest BCUT2D eigenvalue weighted by Crippen LogP contribution is 2.19. The molecule has 2 fully saturated rings. The van der Waals surface area contributed by atoms with E-state index < -0.39 is 0 Å². The zero-order chi connectivity index (χ0) is 22.8. The van der Waals surface area contributed by atoms with Crippen molar-refractivity contribution in [2.45, 2.75) is 39.3 Å². The third kappa shape index (κ3) is 7.99. The van der Waals surface area contributed by atoms with E-state index in [-0.39, 0.29) is 36.0 Å². The summed E-state index contributed by atoms with van der Waals surface area (Å²) in [4.78, 5) is 23.5. The van der Waals surface area contributed by atoms with Crippen molar-refractivity contribution in [3.63, 3.8) is 0 Å². The van der Waals surface area contributed by atoms with Crippen LogP contribution in [0.1, 0.15) is 32.3 Å². The number of ether oxygens (including phenoxy) is 2. The molecule has 0 bridgehead atoms. The number of likely N-dealkylation sites (N-methyl/N-ethyl adjacent to an activating group) is 1. The van der Waals surface area contributed by atoms with Gasteiger partial charge in [0.2, 0.25) is 0 Å². The molecule has 2 aliphatic rings. The number of benzene rings is 1. The highest BCUT2D eigenvalue weighted by molar-refractivity contribution is 14.0. The van der Waals surface area contributed by atoms with Crippen molar-refractivity contribution in [1.82, 2.24) is 20.0 Å². The summed E-state index contributed by atoms with van der Waals surface area (Å²) in [6.45, 7) is 12.3. The Hall–Kier alpha value is -1.59. The maximum atomic E-state index is 12.6. The highest BCUT2D eigenvalue weighted by Gasteiger charge is 2.30. The fourth-order valence-electron chi connectivity index (χ4n) is 4.24. The molecule has 1 atom stereocenters. The average Bonchev–Trinajstić information content (AvgIpc) is 3.38. The van der Waals surface area contributed by atoms with E-state index in [9.17, 15) is 4.79 Å². The lowest BCUT2D eigenvalue weighted by Gasteiger charge is -2.37. The molecule has 0 saturated carbocycles. The van der Waals surface area contributed by atoms with Gasteiger partial charge < -0.3 is 29.5 Å². The smallest absolute Gasteiger partial charge is 0.251 e. The fourth-order valence-corrected chi connectivity index (χ4v) is 4.24. The largest absolute Gasteiger partial charge is 0.492 e. The normalized spacial score (nSPS) is 18.9. The number of hydrogen-bond acceptors (Lipinski definition) is 5. The quantitative estimate of drug-likeness (QED) is 0.278. The SMILES string of the molecule is CCN(CC)CCOc1ccccc1CNC(=NC)N1CCN(C(=O)C2CCCO2)CC1.I. The summed E-state index contributed by atoms with van der Waals surface area (Å²) in [6.07, 6.45) is 1.59. The molecular formula is C24H40IN5O3. The van der Waals surface area contributed by atoms with Crippen LogP contribution in [0.5, 0.6) is 5.75 Å². The second kappa shape index (κ2) is 14.6. The molecule has 0 spiro atoms. The van der Waals surface area contributed by atoms with Crippen LogP contribution in [0.15, 0.2) is 29.3 Å². The number of amides is 1. The molecule has 0 aliphatic carbocycles. The number of hydrogen-bond donors (Lipinski definition) is 1. The van der Waals surface area contributed by atoms with Crippen molar-refractivity contribution in [1.29, 1.82) is 0 Å². The Morgan fingerprint density at radius 2 is 1.88 bits per heavy atom. The molecule has 0 radical (unpaired) electrons. The number of nitrogens with one attached hydrogen (secondary N) is 1. The monoisotopic (exact) mass is 573 g/mol. The lowest BCUT2D eigenvalue weighted by Crippen LogP contribution is -2.55. The van der Waals surface area contributed by atoms with Crippen LogP contribution in [0.4, 0.5) is 0 Å². The predicted octanol–water partition coefficient (Wildman–Crippen LogP) is 2.42. The summed E-state index contributed by atoms with van der Waals surface area (Å²) < 4.78 is 11.6. The van der Waals surface area contributed by atoms with Crippen molar-refractivity contribution in [3.8, 4) is 5.75 Å². The first-order valence-corrected chi connectivity index (χ1v) is 11.9. The fraction of sp³-hybridized carbons (Fsp3) is 0.667. The zero-order valence-electron chi connectivity index (χ0n) is 20.3. The standard InChI is InChI=1S/C24H39N5O3.HI/c1-4-27(5-2)16-18-32-21-10-7-6-9-20(21)19-26-24(25-3)29-14-12-28(13-15-29)23(30)22-11-8-17-31-22;/h6-7,9-10,22H,4-5,8,11-19H2,1-3H3,(H,25,26);1H. The first-order chi connectivity index (χ1) is 15.7. The molecule has 9 heteroatoms. The number of halogens is 1. The van der Waals surface area contributed by atoms with Crippen LogP contribution in [-0.4, -0.2) is 98.7 Å². The Balaban J connectivity index is 0.00000385. The van der Waals surface area contributed by atoms with E-state index in [0.717, 1.165) is 62.8 Å². The van der Waals surface area contributed by atoms with Gasteiger partial charge in [-0.05, 0) is 32.0 Å². The number of rotatable bonds is 9. The summed E-state index contributed by atoms with van der Waals surface area (Å²) in [6, 6.07) is 8.16. The Labute approximate surface area is 215 Å². The number of aliphatic imine (C=N–C) groups is 1. The third-order valence-electron chi connectivity index (χ3n) is 6.28. The van der Waals surface area contributed by atoms with Crippen LogP contribution in [0.3, 0.4) is 0 Å². The second-order valence-electron chi connectivity index (χ2n) is 8.20. The van der Waals surface area contributed by atoms with Crippen molar-refractivity contribution in [2.24, 2.45) is 4.99 Å². The minimum absolute atomic E-state index is 0. The molecule has 3 rings (SSSR count). The molecule has 2 aliphatic heterocycles. The van der Waals surface area contributed by atoms with Crippen molar-refractivity contribution in [3.05, 3.63) is 29.8 Å². The highest BCUT2D eigenvalue weighted by atomic mass is 127. The number of piperazine rings is 1. The van der Waals surface area contributed by atoms with Gasteiger partial charge in [-0.15, -0.1) is 24.0 Å². The average molecular weight is 574 g/mol. The van der Waals surface area contributed by atoms with Gasteiger partial charge in [-0.1, -0.05) is 32.0 Å². The van der Waals surface area contributed by atoms with Gasteiger partial charge in [0.1, 0.15) is 18.5 Å². The predicted molar refractivity (Wildman–Crippen MR) is 142 cm³/mol. The number of carbonyl (C=O) groups is 1. The van der Waals surface area contributed by atoms with Crippen LogP contribution in [0.2, 0.25) is 0 Å². The molecule has 1 aromatic carbocycles. The Bertz CT molecular complexity index is 745. The molecule has 33 heavy (non-hydrogen) atoms. The van der Waals surface area contributed by atoms with E-state index in [2.05, 4.69) is 40.0 Å². The molecule has 1 N–H and O–H groups in total. The summed E-state index contributed by atoms with van der Waals surface area (Å²) in [5, 5.41) is 3.47. The summed E-state index contributed by atoms with van der Waals surface area (Å²) >= 11 is 0. The van der Waals surface area contributed by atoms with Gasteiger partial charge in [-0.3, -0.25) is 9.79 Å². The third-order valence-corrected chi connectivity index (χ3v) is 6.28. The van der Waals surface area contributed by atoms with E-state index in [0.29, 0.717) is 32.8 Å². The van der Waals surface area contributed by atoms with E-state index in [1.165, 1.54) is 0 Å². The molecule has 1 unspecified atom stereocenters. The van der Waals surface area contributed by atoms with E-state index in [1.54, 1.807) is 7.05 Å². The van der Waals surface area contributed by atoms with Crippen LogP contribution in [0.25, 0.3) is 0 Å². The maximum absolute atomic E-state index is 12.6. The van der Waals surface area contributed by atoms with Gasteiger partial charge in [-0.25, -0.2) is 0 Å². The maximum Gasteiger partial charge on any atom is 0.251 e. The van der Waals surface area contributed by atoms with Gasteiger partial charge in [0.25, 0.3) is 5.91 Å². The summed E-state index contributed by atoms with van der Waals surface area (Å²) in [7, 11) is 1.80. The van der Waals surface area contributed by atoms with Crippen molar-refractivity contribution >= 4 is 35.8 Å². The van der Waals surface area contributed by atoms with E-state index in [1.807, 2.05) is 23.1 Å². The number of carbonyl (C=O) groups excluding carboxylic acids is 1. The van der Waals surface area contributed by atoms with Crippen LogP contribution >= 0.6 is 24.0 Å². The first-order valence-electron chi connectivity index (χ1n) is 11.9. The van der Waals surface area contributed by atoms with Crippen molar-refractivity contribution in [2.75, 3.05) is 66.1 Å². The van der Waals surface area contributed by atoms with E-state index in [4.69, 9.17) is 9.47 Å². The van der Waals surface area contributed by atoms with Crippen LogP contribution < -0.4 is 10.1 Å². The van der Waals surface area contributed by atoms with Gasteiger partial charge in [0.15, 0.2) is 5.96 Å². The van der Waals surface area contributed by atoms with Gasteiger partial charge in [0.05, 0.1) is 0 Å². The Kier molecular flexibility index (Phi) is 12.3. The van der Waals surface area contributed by atoms with Crippen molar-refractivity contribution < 1.29 is 14.3 Å². The molecule has 1 amide bonds. The first kappa shape index (κ1) is 27.7. The molecule has 2 saturated heterocycles. The molecule has 1 aromatic rings. The Morgan fingerprint density at radius 1 is 1.18 bits per heavy atom. The number of guanidine groups is 1. The number of para-hydroxylation sites is 1. The second-order valence-corrected chi connectivity index (χ2v) is 8.20. The minimum atomic E-state index is -0.239. The molecule has 2 heterocycles. The zero-order valence-corrected chi connectivity index (χ0v) is 22.6. The molecule has 186 valence electrons. The van der Waals surface area contributed by atoms with Crippen LogP contribution in [-0.2, 0) is 16.1 Å². The number of nitrogens with zero attached hydrogens (tertiary/aromatic N) is 4. The van der Waals surface area contributed by atoms with Crippen LogP contribution in [0, 0.1) is 0 Å². The minimum Gasteiger partial charge on any atom is -0.492 e. The topological polar surface area (TPSA) is 69.6 Å². The van der Waals surface area contributed by atoms with Gasteiger partial charge in [0, 0.05) is 58.5 Å². The lowest BCUT2D eigenvalue weighted by atomic mass is 10.2.